The van der Waals surface area contributed by atoms with Crippen molar-refractivity contribution < 1.29 is 9.90 Å². The topological polar surface area (TPSA) is 78.4 Å². The van der Waals surface area contributed by atoms with E-state index in [1.54, 1.807) is 30.7 Å². The fourth-order valence-corrected chi connectivity index (χ4v) is 2.16. The molecule has 0 aliphatic heterocycles. The highest BCUT2D eigenvalue weighted by molar-refractivity contribution is 5.94. The van der Waals surface area contributed by atoms with Crippen molar-refractivity contribution in [1.29, 1.82) is 0 Å². The molecule has 0 unspecified atom stereocenters. The number of nitrogens with one attached hydrogen (secondary N) is 1. The summed E-state index contributed by atoms with van der Waals surface area (Å²) >= 11 is 0. The second-order valence-electron chi connectivity index (χ2n) is 5.17. The fourth-order valence-electron chi connectivity index (χ4n) is 2.16. The molecule has 2 aromatic heterocycles. The van der Waals surface area contributed by atoms with Gasteiger partial charge in [-0.25, -0.2) is 4.98 Å². The van der Waals surface area contributed by atoms with Gasteiger partial charge in [-0.3, -0.25) is 9.78 Å². The number of carbonyl (C=O) groups excluding carboxylic acids is 1. The van der Waals surface area contributed by atoms with E-state index in [-0.39, 0.29) is 12.5 Å². The van der Waals surface area contributed by atoms with E-state index in [1.807, 2.05) is 24.0 Å². The molecule has 6 heteroatoms. The van der Waals surface area contributed by atoms with Crippen LogP contribution >= 0.6 is 0 Å². The van der Waals surface area contributed by atoms with Gasteiger partial charge in [-0.2, -0.15) is 0 Å². The van der Waals surface area contributed by atoms with Crippen molar-refractivity contribution in [1.82, 2.24) is 15.3 Å². The first-order valence-corrected chi connectivity index (χ1v) is 7.73. The van der Waals surface area contributed by atoms with Gasteiger partial charge in [0.15, 0.2) is 0 Å². The summed E-state index contributed by atoms with van der Waals surface area (Å²) in [4.78, 5) is 22.3. The Labute approximate surface area is 136 Å². The minimum absolute atomic E-state index is 0.0285. The van der Waals surface area contributed by atoms with Crippen molar-refractivity contribution >= 4 is 11.7 Å². The van der Waals surface area contributed by atoms with Crippen LogP contribution in [0.15, 0.2) is 42.9 Å². The lowest BCUT2D eigenvalue weighted by atomic mass is 10.2. The van der Waals surface area contributed by atoms with Crippen LogP contribution in [0, 0.1) is 0 Å². The summed E-state index contributed by atoms with van der Waals surface area (Å²) in [7, 11) is 0. The molecule has 23 heavy (non-hydrogen) atoms. The van der Waals surface area contributed by atoms with Crippen LogP contribution in [0.25, 0.3) is 0 Å². The fraction of sp³-hybridized carbons (Fsp3) is 0.353. The molecule has 0 atom stereocenters. The van der Waals surface area contributed by atoms with Gasteiger partial charge in [-0.05, 0) is 30.2 Å². The van der Waals surface area contributed by atoms with Gasteiger partial charge in [0.1, 0.15) is 5.82 Å². The minimum Gasteiger partial charge on any atom is -0.395 e. The van der Waals surface area contributed by atoms with Gasteiger partial charge in [0.05, 0.1) is 12.2 Å². The van der Waals surface area contributed by atoms with Crippen molar-refractivity contribution in [2.24, 2.45) is 0 Å². The zero-order valence-corrected chi connectivity index (χ0v) is 13.3. The van der Waals surface area contributed by atoms with Gasteiger partial charge in [-0.15, -0.1) is 0 Å². The van der Waals surface area contributed by atoms with Crippen LogP contribution in [0.5, 0.6) is 0 Å². The molecule has 0 fully saturated rings. The normalized spacial score (nSPS) is 10.3. The summed E-state index contributed by atoms with van der Waals surface area (Å²) < 4.78 is 0. The number of hydrogen-bond acceptors (Lipinski definition) is 5. The molecular formula is C17H22N4O2. The molecule has 0 saturated heterocycles. The Morgan fingerprint density at radius 3 is 2.78 bits per heavy atom. The van der Waals surface area contributed by atoms with Gasteiger partial charge < -0.3 is 15.3 Å². The number of amides is 1. The van der Waals surface area contributed by atoms with Crippen LogP contribution < -0.4 is 10.2 Å². The summed E-state index contributed by atoms with van der Waals surface area (Å²) in [6.45, 7) is 3.75. The van der Waals surface area contributed by atoms with Crippen LogP contribution in [0.2, 0.25) is 0 Å². The third-order valence-corrected chi connectivity index (χ3v) is 3.34. The van der Waals surface area contributed by atoms with E-state index in [0.717, 1.165) is 17.8 Å². The highest BCUT2D eigenvalue weighted by Gasteiger charge is 2.10. The lowest BCUT2D eigenvalue weighted by Crippen LogP contribution is -2.28. The third kappa shape index (κ3) is 5.03. The molecule has 0 bridgehead atoms. The largest absolute Gasteiger partial charge is 0.395 e. The maximum Gasteiger partial charge on any atom is 0.252 e. The summed E-state index contributed by atoms with van der Waals surface area (Å²) in [5.74, 6) is 0.599. The molecule has 2 heterocycles. The summed E-state index contributed by atoms with van der Waals surface area (Å²) in [5, 5.41) is 12.1. The zero-order valence-electron chi connectivity index (χ0n) is 13.3. The van der Waals surface area contributed by atoms with Gasteiger partial charge in [-0.1, -0.05) is 13.0 Å². The Morgan fingerprint density at radius 2 is 2.17 bits per heavy atom. The predicted octanol–water partition coefficient (Wildman–Crippen LogP) is 1.62. The van der Waals surface area contributed by atoms with Crippen LogP contribution in [-0.2, 0) is 6.54 Å². The molecule has 1 amide bonds. The monoisotopic (exact) mass is 314 g/mol. The Hall–Kier alpha value is -2.47. The number of hydrogen-bond donors (Lipinski definition) is 2. The maximum atomic E-state index is 11.9. The number of aromatic nitrogens is 2. The summed E-state index contributed by atoms with van der Waals surface area (Å²) in [6, 6.07) is 7.40. The van der Waals surface area contributed by atoms with Crippen molar-refractivity contribution in [3.63, 3.8) is 0 Å². The molecule has 0 aliphatic carbocycles. The summed E-state index contributed by atoms with van der Waals surface area (Å²) in [5.41, 5.74) is 1.57. The van der Waals surface area contributed by atoms with Crippen molar-refractivity contribution in [3.05, 3.63) is 54.0 Å². The quantitative estimate of drug-likeness (QED) is 0.774. The van der Waals surface area contributed by atoms with E-state index in [0.29, 0.717) is 25.2 Å². The highest BCUT2D eigenvalue weighted by Crippen LogP contribution is 2.14. The molecule has 2 rings (SSSR count). The van der Waals surface area contributed by atoms with Crippen molar-refractivity contribution in [2.75, 3.05) is 24.6 Å². The molecule has 0 aromatic carbocycles. The van der Waals surface area contributed by atoms with Crippen LogP contribution in [0.3, 0.4) is 0 Å². The van der Waals surface area contributed by atoms with E-state index in [4.69, 9.17) is 0 Å². The number of nitrogens with zero attached hydrogens (tertiary/aromatic N) is 3. The number of pyridine rings is 2. The second-order valence-corrected chi connectivity index (χ2v) is 5.17. The standard InChI is InChI=1S/C17H22N4O2/c1-2-7-19-17(23)15-5-6-16(20-12-15)21(9-10-22)13-14-4-3-8-18-11-14/h3-6,8,11-12,22H,2,7,9-10,13H2,1H3,(H,19,23). The molecular weight excluding hydrogens is 292 g/mol. The third-order valence-electron chi connectivity index (χ3n) is 3.34. The van der Waals surface area contributed by atoms with Gasteiger partial charge >= 0.3 is 0 Å². The molecule has 122 valence electrons. The molecule has 6 nitrogen and oxygen atoms in total. The maximum absolute atomic E-state index is 11.9. The first kappa shape index (κ1) is 16.9. The average molecular weight is 314 g/mol. The lowest BCUT2D eigenvalue weighted by Gasteiger charge is -2.22. The summed E-state index contributed by atoms with van der Waals surface area (Å²) in [6.07, 6.45) is 5.97. The minimum atomic E-state index is -0.119. The van der Waals surface area contributed by atoms with E-state index in [1.165, 1.54) is 0 Å². The van der Waals surface area contributed by atoms with Gasteiger partial charge in [0.25, 0.3) is 5.91 Å². The van der Waals surface area contributed by atoms with Crippen LogP contribution in [-0.4, -0.2) is 40.7 Å². The molecule has 2 aromatic rings. The average Bonchev–Trinajstić information content (AvgIpc) is 2.60. The first-order valence-electron chi connectivity index (χ1n) is 7.73. The van der Waals surface area contributed by atoms with E-state index < -0.39 is 0 Å². The zero-order chi connectivity index (χ0) is 16.5. The van der Waals surface area contributed by atoms with E-state index in [2.05, 4.69) is 15.3 Å². The SMILES string of the molecule is CCCNC(=O)c1ccc(N(CCO)Cc2cccnc2)nc1. The Morgan fingerprint density at radius 1 is 1.30 bits per heavy atom. The number of aliphatic hydroxyl groups excluding tert-OH is 1. The number of anilines is 1. The molecule has 0 saturated carbocycles. The first-order chi connectivity index (χ1) is 11.2. The van der Waals surface area contributed by atoms with E-state index in [9.17, 15) is 9.90 Å². The Balaban J connectivity index is 2.08. The van der Waals surface area contributed by atoms with Crippen LogP contribution in [0.1, 0.15) is 29.3 Å². The molecule has 2 N–H and O–H groups in total. The van der Waals surface area contributed by atoms with Crippen molar-refractivity contribution in [2.45, 2.75) is 19.9 Å². The Kier molecular flexibility index (Phi) is 6.50. The number of carbonyl (C=O) groups is 1. The molecule has 0 radical (unpaired) electrons. The highest BCUT2D eigenvalue weighted by atomic mass is 16.3. The smallest absolute Gasteiger partial charge is 0.252 e. The van der Waals surface area contributed by atoms with Gasteiger partial charge in [0.2, 0.25) is 0 Å². The van der Waals surface area contributed by atoms with Gasteiger partial charge in [0, 0.05) is 38.2 Å². The van der Waals surface area contributed by atoms with E-state index >= 15 is 0 Å². The second kappa shape index (κ2) is 8.85. The van der Waals surface area contributed by atoms with Crippen LogP contribution in [0.4, 0.5) is 5.82 Å². The number of rotatable bonds is 8. The lowest BCUT2D eigenvalue weighted by molar-refractivity contribution is 0.0953. The molecule has 0 spiro atoms. The number of aliphatic hydroxyl groups is 1. The Bertz CT molecular complexity index is 602. The van der Waals surface area contributed by atoms with Crippen molar-refractivity contribution in [3.8, 4) is 0 Å². The molecule has 0 aliphatic rings. The predicted molar refractivity (Wildman–Crippen MR) is 89.2 cm³/mol.